The summed E-state index contributed by atoms with van der Waals surface area (Å²) < 4.78 is 36.9. The third-order valence-electron chi connectivity index (χ3n) is 5.35. The summed E-state index contributed by atoms with van der Waals surface area (Å²) in [5.41, 5.74) is 0. The van der Waals surface area contributed by atoms with Gasteiger partial charge in [-0.15, -0.1) is 0 Å². The second kappa shape index (κ2) is 13.9. The first-order chi connectivity index (χ1) is 16.4. The minimum Gasteiger partial charge on any atom is -0.394 e. The Morgan fingerprint density at radius 1 is 0.857 bits per heavy atom. The van der Waals surface area contributed by atoms with Gasteiger partial charge in [0.15, 0.2) is 6.29 Å². The highest BCUT2D eigenvalue weighted by molar-refractivity contribution is 7.47. The summed E-state index contributed by atoms with van der Waals surface area (Å²) in [6, 6.07) is 0. The number of phosphoric acid groups is 1. The zero-order valence-electron chi connectivity index (χ0n) is 18.5. The number of hydrogen-bond acceptors (Lipinski definition) is 16. The van der Waals surface area contributed by atoms with Gasteiger partial charge in [0.05, 0.1) is 33.0 Å². The maximum absolute atomic E-state index is 11.7. The molecule has 18 heteroatoms. The number of phosphoric ester groups is 1. The summed E-state index contributed by atoms with van der Waals surface area (Å²) in [5.74, 6) is 0. The maximum atomic E-state index is 11.7. The van der Waals surface area contributed by atoms with Crippen molar-refractivity contribution in [2.45, 2.75) is 67.5 Å². The third kappa shape index (κ3) is 8.29. The van der Waals surface area contributed by atoms with Crippen LogP contribution in [0.15, 0.2) is 0 Å². The van der Waals surface area contributed by atoms with Crippen LogP contribution in [0.1, 0.15) is 0 Å². The molecule has 0 aromatic carbocycles. The van der Waals surface area contributed by atoms with Crippen LogP contribution in [0.4, 0.5) is 0 Å². The highest BCUT2D eigenvalue weighted by Gasteiger charge is 2.50. The van der Waals surface area contributed by atoms with Gasteiger partial charge in [-0.05, 0) is 0 Å². The number of ether oxygens (including phenoxy) is 3. The van der Waals surface area contributed by atoms with E-state index in [-0.39, 0.29) is 6.54 Å². The molecule has 0 amide bonds. The molecule has 0 radical (unpaired) electrons. The van der Waals surface area contributed by atoms with E-state index in [0.29, 0.717) is 0 Å². The first-order valence-electron chi connectivity index (χ1n) is 10.7. The smallest absolute Gasteiger partial charge is 0.394 e. The molecule has 0 spiro atoms. The Labute approximate surface area is 199 Å². The van der Waals surface area contributed by atoms with Gasteiger partial charge in [0.1, 0.15) is 61.2 Å². The van der Waals surface area contributed by atoms with Crippen molar-refractivity contribution in [3.63, 3.8) is 0 Å². The van der Waals surface area contributed by atoms with Crippen molar-refractivity contribution in [3.05, 3.63) is 0 Å². The van der Waals surface area contributed by atoms with Gasteiger partial charge >= 0.3 is 7.82 Å². The molecule has 11 N–H and O–H groups in total. The molecule has 0 aromatic heterocycles. The first-order valence-corrected chi connectivity index (χ1v) is 12.2. The van der Waals surface area contributed by atoms with E-state index in [0.717, 1.165) is 0 Å². The summed E-state index contributed by atoms with van der Waals surface area (Å²) in [7, 11) is -4.55. The summed E-state index contributed by atoms with van der Waals surface area (Å²) in [6.07, 6.45) is -17.0. The van der Waals surface area contributed by atoms with Gasteiger partial charge in [0, 0.05) is 6.54 Å². The molecule has 2 fully saturated rings. The molecule has 2 aliphatic rings. The van der Waals surface area contributed by atoms with E-state index in [4.69, 9.17) is 24.4 Å². The van der Waals surface area contributed by atoms with Crippen LogP contribution in [-0.4, -0.2) is 158 Å². The average Bonchev–Trinajstić information content (AvgIpc) is 2.84. The van der Waals surface area contributed by atoms with Crippen LogP contribution in [0.2, 0.25) is 0 Å². The van der Waals surface area contributed by atoms with Crippen molar-refractivity contribution >= 4 is 7.82 Å². The van der Waals surface area contributed by atoms with Crippen LogP contribution in [0.3, 0.4) is 0 Å². The molecule has 0 aliphatic carbocycles. The molecule has 0 saturated carbocycles. The molecular weight excluding hydrogens is 505 g/mol. The highest BCUT2D eigenvalue weighted by Crippen LogP contribution is 2.42. The molecule has 35 heavy (non-hydrogen) atoms. The second-order valence-electron chi connectivity index (χ2n) is 7.94. The number of rotatable bonds is 13. The molecule has 2 heterocycles. The second-order valence-corrected chi connectivity index (χ2v) is 9.40. The van der Waals surface area contributed by atoms with Gasteiger partial charge in [0.2, 0.25) is 0 Å². The Balaban J connectivity index is 1.90. The lowest BCUT2D eigenvalue weighted by molar-refractivity contribution is -0.343. The number of hydrogen-bond donors (Lipinski definition) is 11. The predicted octanol–water partition coefficient (Wildman–Crippen LogP) is -6.31. The first kappa shape index (κ1) is 30.8. The van der Waals surface area contributed by atoms with Crippen LogP contribution in [0.25, 0.3) is 0 Å². The van der Waals surface area contributed by atoms with E-state index >= 15 is 0 Å². The minimum atomic E-state index is -4.55. The Morgan fingerprint density at radius 2 is 1.51 bits per heavy atom. The fraction of sp³-hybridized carbons (Fsp3) is 1.00. The van der Waals surface area contributed by atoms with E-state index in [2.05, 4.69) is 14.4 Å². The Kier molecular flexibility index (Phi) is 12.3. The molecule has 208 valence electrons. The van der Waals surface area contributed by atoms with E-state index in [1.54, 1.807) is 0 Å². The third-order valence-corrected chi connectivity index (χ3v) is 6.33. The number of aliphatic hydroxyl groups excluding tert-OH is 9. The van der Waals surface area contributed by atoms with E-state index in [9.17, 15) is 45.2 Å². The summed E-state index contributed by atoms with van der Waals surface area (Å²) in [5, 5.41) is 90.0. The van der Waals surface area contributed by atoms with Crippen LogP contribution in [-0.2, 0) is 27.8 Å². The highest BCUT2D eigenvalue weighted by atomic mass is 31.2. The van der Waals surface area contributed by atoms with Crippen molar-refractivity contribution in [3.8, 4) is 0 Å². The molecule has 2 aliphatic heterocycles. The van der Waals surface area contributed by atoms with Crippen LogP contribution in [0, 0.1) is 0 Å². The van der Waals surface area contributed by atoms with Crippen molar-refractivity contribution < 1.29 is 78.7 Å². The van der Waals surface area contributed by atoms with Crippen LogP contribution >= 0.6 is 7.82 Å². The Bertz CT molecular complexity index is 672. The molecule has 12 atom stereocenters. The van der Waals surface area contributed by atoms with Gasteiger partial charge in [-0.2, -0.15) is 0 Å². The SMILES string of the molecule is O=P(O)(OCCNC1O[C@H](CO)[C@@H](O[C@@H]2O[C@H](CO)[C@H](O)[C@H](O)[C@H]2O)[C@H](O)[C@H]1O)OCC(O)CO. The van der Waals surface area contributed by atoms with Crippen molar-refractivity contribution in [1.29, 1.82) is 0 Å². The van der Waals surface area contributed by atoms with Crippen molar-refractivity contribution in [2.24, 2.45) is 0 Å². The quantitative estimate of drug-likeness (QED) is 0.0766. The zero-order chi connectivity index (χ0) is 26.3. The van der Waals surface area contributed by atoms with Gasteiger partial charge in [0.25, 0.3) is 0 Å². The molecule has 3 unspecified atom stereocenters. The lowest BCUT2D eigenvalue weighted by atomic mass is 9.96. The number of nitrogens with one attached hydrogen (secondary N) is 1. The molecule has 2 rings (SSSR count). The standard InChI is InChI=1S/C17H34NO16P/c19-3-7(22)6-31-35(28,29)30-2-1-18-16-13(26)12(25)15(9(5-21)32-16)34-17-14(27)11(24)10(23)8(4-20)33-17/h7-27H,1-6H2,(H,28,29)/t7?,8-,9-,10+,11+,12-,13-,14-,15-,16?,17+/m1/s1. The molecule has 2 saturated heterocycles. The average molecular weight is 539 g/mol. The summed E-state index contributed by atoms with van der Waals surface area (Å²) >= 11 is 0. The van der Waals surface area contributed by atoms with Crippen molar-refractivity contribution in [1.82, 2.24) is 5.32 Å². The van der Waals surface area contributed by atoms with Crippen LogP contribution in [0.5, 0.6) is 0 Å². The van der Waals surface area contributed by atoms with Gasteiger partial charge in [-0.3, -0.25) is 14.4 Å². The largest absolute Gasteiger partial charge is 0.472 e. The molecular formula is C17H34NO16P. The van der Waals surface area contributed by atoms with Crippen molar-refractivity contribution in [2.75, 3.05) is 39.6 Å². The lowest BCUT2D eigenvalue weighted by Gasteiger charge is -2.46. The molecule has 17 nitrogen and oxygen atoms in total. The van der Waals surface area contributed by atoms with E-state index in [1.807, 2.05) is 0 Å². The predicted molar refractivity (Wildman–Crippen MR) is 109 cm³/mol. The lowest BCUT2D eigenvalue weighted by Crippen LogP contribution is -2.66. The van der Waals surface area contributed by atoms with Gasteiger partial charge in [-0.25, -0.2) is 4.57 Å². The summed E-state index contributed by atoms with van der Waals surface area (Å²) in [6.45, 7) is -3.44. The topological polar surface area (TPSA) is 278 Å². The minimum absolute atomic E-state index is 0.207. The van der Waals surface area contributed by atoms with E-state index in [1.165, 1.54) is 0 Å². The van der Waals surface area contributed by atoms with E-state index < -0.39 is 108 Å². The summed E-state index contributed by atoms with van der Waals surface area (Å²) in [4.78, 5) is 9.49. The maximum Gasteiger partial charge on any atom is 0.472 e. The van der Waals surface area contributed by atoms with Crippen LogP contribution < -0.4 is 5.32 Å². The monoisotopic (exact) mass is 539 g/mol. The van der Waals surface area contributed by atoms with Gasteiger partial charge < -0.3 is 65.1 Å². The fourth-order valence-corrected chi connectivity index (χ4v) is 4.15. The molecule has 0 bridgehead atoms. The Hall–Kier alpha value is -0.410. The molecule has 0 aromatic rings. The fourth-order valence-electron chi connectivity index (χ4n) is 3.39. The number of aliphatic hydroxyl groups is 9. The zero-order valence-corrected chi connectivity index (χ0v) is 19.4. The van der Waals surface area contributed by atoms with Gasteiger partial charge in [-0.1, -0.05) is 0 Å². The normalized spacial score (nSPS) is 40.9. The Morgan fingerprint density at radius 3 is 2.11 bits per heavy atom.